The lowest BCUT2D eigenvalue weighted by atomic mass is 10.1. The predicted octanol–water partition coefficient (Wildman–Crippen LogP) is 17.9. The van der Waals surface area contributed by atoms with Gasteiger partial charge < -0.3 is 19.4 Å². The van der Waals surface area contributed by atoms with Crippen LogP contribution < -0.4 is 5.32 Å². The minimum absolute atomic E-state index is 0.0235. The average Bonchev–Trinajstić information content (AvgIpc) is 3.36. The highest BCUT2D eigenvalue weighted by molar-refractivity contribution is 7.47. The number of allylic oxidation sites excluding steroid dienone is 19. The molecule has 0 bridgehead atoms. The smallest absolute Gasteiger partial charge is 0.456 e. The van der Waals surface area contributed by atoms with Crippen LogP contribution in [0.1, 0.15) is 220 Å². The van der Waals surface area contributed by atoms with Gasteiger partial charge in [-0.3, -0.25) is 18.6 Å². The lowest BCUT2D eigenvalue weighted by Gasteiger charge is -2.27. The molecule has 0 aromatic carbocycles. The summed E-state index contributed by atoms with van der Waals surface area (Å²) in [6.45, 7) is 6.72. The number of carbonyl (C=O) groups excluding carboxylic acids is 2. The molecule has 0 radical (unpaired) electrons. The molecule has 0 spiro atoms. The summed E-state index contributed by atoms with van der Waals surface area (Å²) in [7, 11) is 1.44. The van der Waals surface area contributed by atoms with Gasteiger partial charge in [0, 0.05) is 12.8 Å². The average molecular weight is 1050 g/mol. The van der Waals surface area contributed by atoms with Crippen LogP contribution >= 0.6 is 7.82 Å². The third-order valence-corrected chi connectivity index (χ3v) is 13.1. The fourth-order valence-corrected chi connectivity index (χ4v) is 8.40. The third-order valence-electron chi connectivity index (χ3n) is 12.1. The first-order valence-electron chi connectivity index (χ1n) is 29.4. The number of carbonyl (C=O) groups is 2. The molecule has 0 aliphatic heterocycles. The van der Waals surface area contributed by atoms with Gasteiger partial charge in [0.15, 0.2) is 0 Å². The molecule has 0 rings (SSSR count). The number of hydrogen-bond donors (Lipinski definition) is 2. The molecular formula is C64H110N2O7P+. The number of phosphoric acid groups is 1. The zero-order chi connectivity index (χ0) is 54.3. The van der Waals surface area contributed by atoms with Gasteiger partial charge in [-0.2, -0.15) is 0 Å². The molecule has 3 atom stereocenters. The van der Waals surface area contributed by atoms with Crippen LogP contribution in [0.5, 0.6) is 0 Å². The molecule has 0 saturated heterocycles. The van der Waals surface area contributed by atoms with Gasteiger partial charge in [-0.1, -0.05) is 213 Å². The van der Waals surface area contributed by atoms with E-state index >= 15 is 0 Å². The van der Waals surface area contributed by atoms with Crippen LogP contribution in [0.4, 0.5) is 0 Å². The quantitative estimate of drug-likeness (QED) is 0.0205. The van der Waals surface area contributed by atoms with Crippen LogP contribution in [0, 0.1) is 0 Å². The summed E-state index contributed by atoms with van der Waals surface area (Å²) in [6.07, 6.45) is 73.4. The van der Waals surface area contributed by atoms with Crippen LogP contribution in [0.15, 0.2) is 122 Å². The number of esters is 1. The van der Waals surface area contributed by atoms with Crippen molar-refractivity contribution in [1.29, 1.82) is 0 Å². The molecule has 0 heterocycles. The molecule has 0 aromatic heterocycles. The van der Waals surface area contributed by atoms with Crippen LogP contribution in [0.25, 0.3) is 0 Å². The number of ether oxygens (including phenoxy) is 1. The number of phosphoric ester groups is 1. The van der Waals surface area contributed by atoms with Crippen molar-refractivity contribution in [2.45, 2.75) is 232 Å². The van der Waals surface area contributed by atoms with Crippen molar-refractivity contribution in [2.24, 2.45) is 0 Å². The van der Waals surface area contributed by atoms with E-state index in [9.17, 15) is 19.0 Å². The summed E-state index contributed by atoms with van der Waals surface area (Å²) in [5.41, 5.74) is 0. The first kappa shape index (κ1) is 70.4. The predicted molar refractivity (Wildman–Crippen MR) is 318 cm³/mol. The highest BCUT2D eigenvalue weighted by Gasteiger charge is 2.30. The topological polar surface area (TPSA) is 111 Å². The monoisotopic (exact) mass is 1050 g/mol. The Labute approximate surface area is 454 Å². The van der Waals surface area contributed by atoms with E-state index in [0.29, 0.717) is 23.9 Å². The van der Waals surface area contributed by atoms with Gasteiger partial charge in [-0.25, -0.2) is 4.57 Å². The molecular weight excluding hydrogens is 940 g/mol. The fourth-order valence-electron chi connectivity index (χ4n) is 7.66. The molecule has 0 aliphatic rings. The summed E-state index contributed by atoms with van der Waals surface area (Å²) in [4.78, 5) is 37.6. The van der Waals surface area contributed by atoms with Crippen molar-refractivity contribution in [2.75, 3.05) is 40.9 Å². The SMILES string of the molecule is CC/C=C\C/C=C\C/C=C\C/C=C\C/C=C\C/C=C\CCCCC(=O)OC(/C=C/CCCCCCCCCCC)C(COP(=O)(O)OCC[N+](C)(C)C)NC(=O)CCCCCCCC/C=C/C/C=C/C/C=C/CC. The van der Waals surface area contributed by atoms with Gasteiger partial charge in [0.1, 0.15) is 19.3 Å². The first-order chi connectivity index (χ1) is 35.9. The second-order valence-electron chi connectivity index (χ2n) is 20.4. The van der Waals surface area contributed by atoms with Crippen molar-refractivity contribution in [3.63, 3.8) is 0 Å². The maximum Gasteiger partial charge on any atom is 0.472 e. The zero-order valence-corrected chi connectivity index (χ0v) is 48.9. The fraction of sp³-hybridized carbons (Fsp3) is 0.656. The van der Waals surface area contributed by atoms with E-state index in [4.69, 9.17) is 13.8 Å². The Kier molecular flexibility index (Phi) is 50.3. The normalized spacial score (nSPS) is 14.6. The Morgan fingerprint density at radius 3 is 1.31 bits per heavy atom. The third kappa shape index (κ3) is 53.2. The highest BCUT2D eigenvalue weighted by Crippen LogP contribution is 2.43. The molecule has 422 valence electrons. The number of nitrogens with one attached hydrogen (secondary N) is 1. The maximum atomic E-state index is 13.5. The lowest BCUT2D eigenvalue weighted by molar-refractivity contribution is -0.870. The Balaban J connectivity index is 5.39. The summed E-state index contributed by atoms with van der Waals surface area (Å²) in [5.74, 6) is -0.582. The van der Waals surface area contributed by atoms with Crippen molar-refractivity contribution in [1.82, 2.24) is 5.32 Å². The molecule has 0 fully saturated rings. The second kappa shape index (κ2) is 52.8. The number of amides is 1. The molecule has 10 heteroatoms. The van der Waals surface area contributed by atoms with Gasteiger partial charge in [-0.05, 0) is 115 Å². The maximum absolute atomic E-state index is 13.5. The summed E-state index contributed by atoms with van der Waals surface area (Å²) >= 11 is 0. The van der Waals surface area contributed by atoms with Crippen molar-refractivity contribution < 1.29 is 37.3 Å². The summed E-state index contributed by atoms with van der Waals surface area (Å²) in [5, 5.41) is 3.03. The zero-order valence-electron chi connectivity index (χ0n) is 48.0. The Morgan fingerprint density at radius 1 is 0.486 bits per heavy atom. The van der Waals surface area contributed by atoms with Crippen molar-refractivity contribution >= 4 is 19.7 Å². The van der Waals surface area contributed by atoms with Gasteiger partial charge in [-0.15, -0.1) is 0 Å². The first-order valence-corrected chi connectivity index (χ1v) is 30.9. The Hall–Kier alpha value is -3.59. The number of quaternary nitrogens is 1. The highest BCUT2D eigenvalue weighted by atomic mass is 31.2. The standard InChI is InChI=1S/C64H109N2O7P/c1-7-10-13-16-19-22-25-27-29-31-32-33-34-35-37-39-42-45-48-51-54-57-64(68)73-62(55-52-49-46-43-40-24-21-18-15-12-9-3)61(60-72-74(69,70)71-59-58-66(4,5)6)65-63(67)56-53-50-47-44-41-38-36-30-28-26-23-20-17-14-11-8-2/h10-11,13-14,19-20,22-23,27-30,32-33,35,37,42,45,52,55,61-62H,7-9,12,15-18,21,24-26,31,34,36,38-41,43-44,46-51,53-54,56-60H2,1-6H3,(H-,65,67,69,70)/p+1/b13-10-,14-11+,22-19-,23-20+,29-27-,30-28+,33-32-,37-35-,45-42-,55-52+. The Morgan fingerprint density at radius 2 is 0.865 bits per heavy atom. The van der Waals surface area contributed by atoms with E-state index in [0.717, 1.165) is 135 Å². The van der Waals surface area contributed by atoms with Gasteiger partial charge in [0.25, 0.3) is 0 Å². The van der Waals surface area contributed by atoms with Crippen LogP contribution in [0.3, 0.4) is 0 Å². The molecule has 9 nitrogen and oxygen atoms in total. The van der Waals surface area contributed by atoms with Gasteiger partial charge in [0.2, 0.25) is 5.91 Å². The van der Waals surface area contributed by atoms with Crippen LogP contribution in [-0.2, 0) is 27.9 Å². The number of rotatable bonds is 51. The largest absolute Gasteiger partial charge is 0.472 e. The minimum Gasteiger partial charge on any atom is -0.456 e. The van der Waals surface area contributed by atoms with E-state index in [1.165, 1.54) is 44.9 Å². The molecule has 2 N–H and O–H groups in total. The molecule has 1 amide bonds. The van der Waals surface area contributed by atoms with Crippen LogP contribution in [0.2, 0.25) is 0 Å². The molecule has 0 aliphatic carbocycles. The Bertz CT molecular complexity index is 1680. The number of nitrogens with zero attached hydrogens (tertiary/aromatic N) is 1. The number of hydrogen-bond acceptors (Lipinski definition) is 6. The number of likely N-dealkylation sites (N-methyl/N-ethyl adjacent to an activating group) is 1. The molecule has 74 heavy (non-hydrogen) atoms. The van der Waals surface area contributed by atoms with Gasteiger partial charge >= 0.3 is 13.8 Å². The summed E-state index contributed by atoms with van der Waals surface area (Å²) < 4.78 is 30.6. The van der Waals surface area contributed by atoms with E-state index in [2.05, 4.69) is 135 Å². The van der Waals surface area contributed by atoms with E-state index in [1.807, 2.05) is 33.3 Å². The van der Waals surface area contributed by atoms with Gasteiger partial charge in [0.05, 0.1) is 33.8 Å². The van der Waals surface area contributed by atoms with E-state index in [1.54, 1.807) is 0 Å². The van der Waals surface area contributed by atoms with E-state index < -0.39 is 20.0 Å². The molecule has 0 aromatic rings. The van der Waals surface area contributed by atoms with E-state index in [-0.39, 0.29) is 31.5 Å². The van der Waals surface area contributed by atoms with Crippen molar-refractivity contribution in [3.05, 3.63) is 122 Å². The minimum atomic E-state index is -4.47. The molecule has 0 saturated carbocycles. The number of unbranched alkanes of at least 4 members (excludes halogenated alkanes) is 17. The second-order valence-corrected chi connectivity index (χ2v) is 21.9. The van der Waals surface area contributed by atoms with Crippen molar-refractivity contribution in [3.8, 4) is 0 Å². The summed E-state index contributed by atoms with van der Waals surface area (Å²) in [6, 6.07) is -0.881. The molecule has 3 unspecified atom stereocenters. The van der Waals surface area contributed by atoms with Crippen LogP contribution in [-0.4, -0.2) is 74.3 Å². The lowest BCUT2D eigenvalue weighted by Crippen LogP contribution is -2.47.